The number of amides is 3. The van der Waals surface area contributed by atoms with Crippen LogP contribution in [0.5, 0.6) is 0 Å². The second-order valence-electron chi connectivity index (χ2n) is 10.5. The summed E-state index contributed by atoms with van der Waals surface area (Å²) < 4.78 is 27.0. The molecule has 0 radical (unpaired) electrons. The molecule has 1 N–H and O–H groups in total. The van der Waals surface area contributed by atoms with Gasteiger partial charge in [-0.1, -0.05) is 84.6 Å². The maximum atomic E-state index is 14.0. The molecule has 0 spiro atoms. The van der Waals surface area contributed by atoms with Crippen molar-refractivity contribution in [1.82, 2.24) is 14.5 Å². The number of carbonyl (C=O) groups is 3. The molecule has 3 aromatic carbocycles. The van der Waals surface area contributed by atoms with E-state index in [0.717, 1.165) is 35.6 Å². The van der Waals surface area contributed by atoms with Crippen LogP contribution in [0.4, 0.5) is 0 Å². The molecule has 42 heavy (non-hydrogen) atoms. The summed E-state index contributed by atoms with van der Waals surface area (Å²) >= 11 is 13.0. The topological polar surface area (TPSA) is 104 Å². The third-order valence-electron chi connectivity index (χ3n) is 7.80. The maximum Gasteiger partial charge on any atom is 0.269 e. The highest BCUT2D eigenvalue weighted by molar-refractivity contribution is 7.90. The second kappa shape index (κ2) is 12.9. The first-order valence-corrected chi connectivity index (χ1v) is 16.1. The van der Waals surface area contributed by atoms with Crippen LogP contribution >= 0.6 is 23.2 Å². The summed E-state index contributed by atoms with van der Waals surface area (Å²) in [6.45, 7) is -0.447. The molecule has 11 heteroatoms. The van der Waals surface area contributed by atoms with E-state index in [0.29, 0.717) is 15.6 Å². The van der Waals surface area contributed by atoms with Crippen molar-refractivity contribution in [1.29, 1.82) is 0 Å². The lowest BCUT2D eigenvalue weighted by atomic mass is 10.0. The van der Waals surface area contributed by atoms with Crippen LogP contribution < -0.4 is 5.32 Å². The molecule has 1 heterocycles. The summed E-state index contributed by atoms with van der Waals surface area (Å²) in [7, 11) is -4.10. The number of fused-ring (bicyclic) bond motifs is 1. The SMILES string of the molecule is O=C(NC1CCCC1)[C@@H](Cc1ccccc1)N(Cc1c(Cl)cccc1Cl)C(=O)CCN1C(=O)c2ccccc2S1(=O)=O. The molecule has 0 unspecified atom stereocenters. The zero-order valence-corrected chi connectivity index (χ0v) is 25.2. The van der Waals surface area contributed by atoms with Crippen molar-refractivity contribution >= 4 is 50.9 Å². The Labute approximate surface area is 255 Å². The Balaban J connectivity index is 1.46. The number of benzene rings is 3. The molecule has 1 aliphatic heterocycles. The van der Waals surface area contributed by atoms with Crippen molar-refractivity contribution < 1.29 is 22.8 Å². The first kappa shape index (κ1) is 30.1. The zero-order chi connectivity index (χ0) is 29.9. The highest BCUT2D eigenvalue weighted by Gasteiger charge is 2.41. The van der Waals surface area contributed by atoms with Gasteiger partial charge in [0.1, 0.15) is 10.9 Å². The van der Waals surface area contributed by atoms with E-state index in [1.54, 1.807) is 30.3 Å². The van der Waals surface area contributed by atoms with Crippen molar-refractivity contribution in [2.24, 2.45) is 0 Å². The normalized spacial score (nSPS) is 16.7. The molecular weight excluding hydrogens is 597 g/mol. The van der Waals surface area contributed by atoms with Crippen LogP contribution in [0, 0.1) is 0 Å². The first-order chi connectivity index (χ1) is 20.2. The average molecular weight is 629 g/mol. The van der Waals surface area contributed by atoms with Gasteiger partial charge in [-0.15, -0.1) is 0 Å². The standard InChI is InChI=1S/C31H31Cl2N3O5S/c32-25-14-8-15-26(33)24(25)20-35(27(19-21-9-2-1-3-10-21)30(38)34-22-11-4-5-12-22)29(37)17-18-36-31(39)23-13-6-7-16-28(23)42(36,40)41/h1-3,6-10,13-16,22,27H,4-5,11-12,17-20H2,(H,34,38)/t27-/m1/s1. The number of carbonyl (C=O) groups excluding carboxylic acids is 3. The lowest BCUT2D eigenvalue weighted by Gasteiger charge is -2.33. The number of halogens is 2. The fraction of sp³-hybridized carbons (Fsp3) is 0.323. The van der Waals surface area contributed by atoms with E-state index in [1.165, 1.54) is 17.0 Å². The minimum absolute atomic E-state index is 0.0162. The Hall–Kier alpha value is -3.40. The predicted octanol–water partition coefficient (Wildman–Crippen LogP) is 5.23. The molecule has 8 nitrogen and oxygen atoms in total. The molecule has 3 amide bonds. The van der Waals surface area contributed by atoms with E-state index >= 15 is 0 Å². The minimum Gasteiger partial charge on any atom is -0.352 e. The summed E-state index contributed by atoms with van der Waals surface area (Å²) in [6, 6.07) is 19.4. The number of nitrogens with one attached hydrogen (secondary N) is 1. The molecular formula is C31H31Cl2N3O5S. The lowest BCUT2D eigenvalue weighted by Crippen LogP contribution is -2.52. The predicted molar refractivity (Wildman–Crippen MR) is 161 cm³/mol. The molecule has 1 atom stereocenters. The number of nitrogens with zero attached hydrogens (tertiary/aromatic N) is 2. The summed E-state index contributed by atoms with van der Waals surface area (Å²) in [5.74, 6) is -1.49. The van der Waals surface area contributed by atoms with Crippen LogP contribution in [0.2, 0.25) is 10.0 Å². The van der Waals surface area contributed by atoms with Gasteiger partial charge in [0.05, 0.1) is 5.56 Å². The Bertz CT molecular complexity index is 1570. The molecule has 0 bridgehead atoms. The van der Waals surface area contributed by atoms with Gasteiger partial charge < -0.3 is 10.2 Å². The zero-order valence-electron chi connectivity index (χ0n) is 22.8. The number of rotatable bonds is 10. The summed E-state index contributed by atoms with van der Waals surface area (Å²) in [5.41, 5.74) is 1.39. The Morgan fingerprint density at radius 3 is 2.24 bits per heavy atom. The van der Waals surface area contributed by atoms with Gasteiger partial charge in [0.15, 0.2) is 0 Å². The molecule has 2 aliphatic rings. The third-order valence-corrected chi connectivity index (χ3v) is 10.4. The van der Waals surface area contributed by atoms with E-state index in [9.17, 15) is 22.8 Å². The van der Waals surface area contributed by atoms with Crippen LogP contribution in [0.3, 0.4) is 0 Å². The maximum absolute atomic E-state index is 14.0. The van der Waals surface area contributed by atoms with E-state index in [2.05, 4.69) is 5.32 Å². The van der Waals surface area contributed by atoms with E-state index in [-0.39, 0.29) is 48.3 Å². The van der Waals surface area contributed by atoms with E-state index in [1.807, 2.05) is 30.3 Å². The Morgan fingerprint density at radius 1 is 0.929 bits per heavy atom. The fourth-order valence-corrected chi connectivity index (χ4v) is 7.65. The second-order valence-corrected chi connectivity index (χ2v) is 13.2. The lowest BCUT2D eigenvalue weighted by molar-refractivity contribution is -0.141. The molecule has 0 aromatic heterocycles. The quantitative estimate of drug-likeness (QED) is 0.332. The van der Waals surface area contributed by atoms with Crippen LogP contribution in [0.25, 0.3) is 0 Å². The van der Waals surface area contributed by atoms with E-state index in [4.69, 9.17) is 23.2 Å². The van der Waals surface area contributed by atoms with Gasteiger partial charge in [-0.2, -0.15) is 0 Å². The summed E-state index contributed by atoms with van der Waals surface area (Å²) in [4.78, 5) is 42.2. The average Bonchev–Trinajstić information content (AvgIpc) is 3.55. The Kier molecular flexibility index (Phi) is 9.20. The first-order valence-electron chi connectivity index (χ1n) is 13.9. The molecule has 1 fully saturated rings. The van der Waals surface area contributed by atoms with Crippen molar-refractivity contribution in [2.45, 2.75) is 62.0 Å². The van der Waals surface area contributed by atoms with Crippen molar-refractivity contribution in [3.05, 3.63) is 99.5 Å². The molecule has 1 aliphatic carbocycles. The molecule has 0 saturated heterocycles. The van der Waals surface area contributed by atoms with Gasteiger partial charge >= 0.3 is 0 Å². The number of hydrogen-bond donors (Lipinski definition) is 1. The van der Waals surface area contributed by atoms with Crippen LogP contribution in [0.15, 0.2) is 77.7 Å². The van der Waals surface area contributed by atoms with Gasteiger partial charge in [0, 0.05) is 47.6 Å². The monoisotopic (exact) mass is 627 g/mol. The van der Waals surface area contributed by atoms with Gasteiger partial charge in [-0.25, -0.2) is 12.7 Å². The molecule has 1 saturated carbocycles. The Morgan fingerprint density at radius 2 is 1.57 bits per heavy atom. The largest absolute Gasteiger partial charge is 0.352 e. The highest BCUT2D eigenvalue weighted by Crippen LogP contribution is 2.31. The fourth-order valence-electron chi connectivity index (χ4n) is 5.57. The van der Waals surface area contributed by atoms with E-state index < -0.39 is 27.9 Å². The smallest absolute Gasteiger partial charge is 0.269 e. The highest BCUT2D eigenvalue weighted by atomic mass is 35.5. The van der Waals surface area contributed by atoms with Gasteiger partial charge in [-0.05, 0) is 42.7 Å². The number of hydrogen-bond acceptors (Lipinski definition) is 5. The van der Waals surface area contributed by atoms with Crippen LogP contribution in [-0.4, -0.2) is 54.0 Å². The van der Waals surface area contributed by atoms with Crippen LogP contribution in [-0.2, 0) is 32.6 Å². The van der Waals surface area contributed by atoms with Gasteiger partial charge in [-0.3, -0.25) is 14.4 Å². The molecule has 220 valence electrons. The summed E-state index contributed by atoms with van der Waals surface area (Å²) in [6.07, 6.45) is 3.66. The van der Waals surface area contributed by atoms with Gasteiger partial charge in [0.25, 0.3) is 15.9 Å². The molecule has 5 rings (SSSR count). The van der Waals surface area contributed by atoms with Crippen molar-refractivity contribution in [2.75, 3.05) is 6.54 Å². The summed E-state index contributed by atoms with van der Waals surface area (Å²) in [5, 5.41) is 3.79. The molecule has 3 aromatic rings. The minimum atomic E-state index is -4.10. The third kappa shape index (κ3) is 6.33. The number of sulfonamides is 1. The van der Waals surface area contributed by atoms with Crippen molar-refractivity contribution in [3.63, 3.8) is 0 Å². The van der Waals surface area contributed by atoms with Crippen molar-refractivity contribution in [3.8, 4) is 0 Å². The van der Waals surface area contributed by atoms with Gasteiger partial charge in [0.2, 0.25) is 11.8 Å². The van der Waals surface area contributed by atoms with Crippen LogP contribution in [0.1, 0.15) is 53.6 Å².